The van der Waals surface area contributed by atoms with Crippen molar-refractivity contribution in [3.8, 4) is 0 Å². The summed E-state index contributed by atoms with van der Waals surface area (Å²) in [6.07, 6.45) is 1.79. The van der Waals surface area contributed by atoms with Gasteiger partial charge in [0.15, 0.2) is 0 Å². The van der Waals surface area contributed by atoms with Crippen LogP contribution in [0, 0.1) is 6.92 Å². The largest absolute Gasteiger partial charge is 0.397 e. The summed E-state index contributed by atoms with van der Waals surface area (Å²) >= 11 is 0. The van der Waals surface area contributed by atoms with E-state index in [1.54, 1.807) is 13.1 Å². The van der Waals surface area contributed by atoms with Gasteiger partial charge in [0.05, 0.1) is 0 Å². The number of hydrogen-bond acceptors (Lipinski definition) is 2. The summed E-state index contributed by atoms with van der Waals surface area (Å²) in [5, 5.41) is 7.57. The maximum absolute atomic E-state index is 7.57. The first-order valence-corrected chi connectivity index (χ1v) is 4.29. The number of aliphatic hydroxyl groups is 1. The SMILES string of the molecule is CC.CCO.Cc1ccccn1. The van der Waals surface area contributed by atoms with Gasteiger partial charge in [0.2, 0.25) is 0 Å². The molecule has 0 radical (unpaired) electrons. The molecule has 0 fully saturated rings. The molecule has 1 aromatic heterocycles. The molecule has 2 heteroatoms. The summed E-state index contributed by atoms with van der Waals surface area (Å²) in [4.78, 5) is 3.98. The number of rotatable bonds is 0. The van der Waals surface area contributed by atoms with Crippen LogP contribution in [0.25, 0.3) is 0 Å². The molecule has 0 saturated carbocycles. The normalized spacial score (nSPS) is 7.08. The number of aryl methyl sites for hydroxylation is 1. The Morgan fingerprint density at radius 3 is 2.00 bits per heavy atom. The molecular formula is C10H19NO. The maximum atomic E-state index is 7.57. The number of aliphatic hydroxyl groups excluding tert-OH is 1. The highest BCUT2D eigenvalue weighted by molar-refractivity contribution is 4.99. The summed E-state index contributed by atoms with van der Waals surface area (Å²) in [6.45, 7) is 7.90. The fourth-order valence-corrected chi connectivity index (χ4v) is 0.448. The molecule has 12 heavy (non-hydrogen) atoms. The highest BCUT2D eigenvalue weighted by Gasteiger charge is 1.73. The molecule has 1 N–H and O–H groups in total. The average Bonchev–Trinajstić information content (AvgIpc) is 2.11. The molecule has 0 saturated heterocycles. The van der Waals surface area contributed by atoms with Gasteiger partial charge in [-0.25, -0.2) is 0 Å². The van der Waals surface area contributed by atoms with E-state index in [2.05, 4.69) is 4.98 Å². The van der Waals surface area contributed by atoms with Crippen molar-refractivity contribution in [1.29, 1.82) is 0 Å². The van der Waals surface area contributed by atoms with Gasteiger partial charge in [-0.3, -0.25) is 4.98 Å². The summed E-state index contributed by atoms with van der Waals surface area (Å²) in [7, 11) is 0. The van der Waals surface area contributed by atoms with Gasteiger partial charge in [0.25, 0.3) is 0 Å². The Bertz CT molecular complexity index is 151. The number of hydrogen-bond donors (Lipinski definition) is 1. The van der Waals surface area contributed by atoms with Crippen LogP contribution >= 0.6 is 0 Å². The summed E-state index contributed by atoms with van der Waals surface area (Å²) < 4.78 is 0. The van der Waals surface area contributed by atoms with E-state index in [9.17, 15) is 0 Å². The minimum absolute atomic E-state index is 0.250. The lowest BCUT2D eigenvalue weighted by Crippen LogP contribution is -1.72. The quantitative estimate of drug-likeness (QED) is 0.647. The van der Waals surface area contributed by atoms with Crippen LogP contribution in [0.3, 0.4) is 0 Å². The van der Waals surface area contributed by atoms with Crippen molar-refractivity contribution < 1.29 is 5.11 Å². The van der Waals surface area contributed by atoms with Crippen LogP contribution in [-0.4, -0.2) is 16.7 Å². The van der Waals surface area contributed by atoms with Crippen LogP contribution in [-0.2, 0) is 0 Å². The van der Waals surface area contributed by atoms with E-state index in [1.807, 2.05) is 39.0 Å². The van der Waals surface area contributed by atoms with Gasteiger partial charge in [0.1, 0.15) is 0 Å². The Balaban J connectivity index is 0. The molecule has 0 bridgehead atoms. The fourth-order valence-electron chi connectivity index (χ4n) is 0.448. The third-order valence-corrected chi connectivity index (χ3v) is 0.813. The lowest BCUT2D eigenvalue weighted by molar-refractivity contribution is 0.318. The van der Waals surface area contributed by atoms with Crippen LogP contribution in [0.15, 0.2) is 24.4 Å². The van der Waals surface area contributed by atoms with Crippen molar-refractivity contribution in [1.82, 2.24) is 4.98 Å². The molecule has 0 aliphatic carbocycles. The van der Waals surface area contributed by atoms with Crippen LogP contribution in [0.4, 0.5) is 0 Å². The molecule has 0 unspecified atom stereocenters. The smallest absolute Gasteiger partial charge is 0.0402 e. The summed E-state index contributed by atoms with van der Waals surface area (Å²) in [6, 6.07) is 5.86. The van der Waals surface area contributed by atoms with Gasteiger partial charge < -0.3 is 5.11 Å². The molecule has 0 spiro atoms. The standard InChI is InChI=1S/C6H7N.C2H6O.C2H6/c1-6-4-2-3-5-7-6;1-2-3;1-2/h2-5H,1H3;3H,2H2,1H3;1-2H3. The van der Waals surface area contributed by atoms with E-state index in [0.29, 0.717) is 0 Å². The predicted octanol–water partition coefficient (Wildman–Crippen LogP) is 2.41. The summed E-state index contributed by atoms with van der Waals surface area (Å²) in [5.41, 5.74) is 1.07. The van der Waals surface area contributed by atoms with E-state index >= 15 is 0 Å². The maximum Gasteiger partial charge on any atom is 0.0402 e. The average molecular weight is 169 g/mol. The number of aromatic nitrogens is 1. The van der Waals surface area contributed by atoms with Crippen molar-refractivity contribution in [2.45, 2.75) is 27.7 Å². The lowest BCUT2D eigenvalue weighted by atomic mass is 10.4. The van der Waals surface area contributed by atoms with E-state index in [-0.39, 0.29) is 6.61 Å². The zero-order valence-electron chi connectivity index (χ0n) is 8.41. The topological polar surface area (TPSA) is 33.1 Å². The zero-order valence-corrected chi connectivity index (χ0v) is 8.41. The Labute approximate surface area is 75.3 Å². The third kappa shape index (κ3) is 11.9. The van der Waals surface area contributed by atoms with Gasteiger partial charge >= 0.3 is 0 Å². The molecule has 0 aliphatic heterocycles. The first-order chi connectivity index (χ1) is 5.81. The van der Waals surface area contributed by atoms with Gasteiger partial charge in [-0.1, -0.05) is 19.9 Å². The third-order valence-electron chi connectivity index (χ3n) is 0.813. The first-order valence-electron chi connectivity index (χ1n) is 4.29. The number of pyridine rings is 1. The van der Waals surface area contributed by atoms with Gasteiger partial charge in [0, 0.05) is 18.5 Å². The lowest BCUT2D eigenvalue weighted by Gasteiger charge is -1.82. The Hall–Kier alpha value is -0.890. The zero-order chi connectivity index (χ0) is 9.82. The van der Waals surface area contributed by atoms with Crippen LogP contribution < -0.4 is 0 Å². The van der Waals surface area contributed by atoms with Gasteiger partial charge in [-0.15, -0.1) is 0 Å². The molecule has 1 rings (SSSR count). The Morgan fingerprint density at radius 2 is 1.83 bits per heavy atom. The van der Waals surface area contributed by atoms with E-state index < -0.39 is 0 Å². The molecule has 0 amide bonds. The van der Waals surface area contributed by atoms with Crippen molar-refractivity contribution in [3.63, 3.8) is 0 Å². The molecule has 70 valence electrons. The Kier molecular flexibility index (Phi) is 14.5. The monoisotopic (exact) mass is 169 g/mol. The number of nitrogens with zero attached hydrogens (tertiary/aromatic N) is 1. The van der Waals surface area contributed by atoms with E-state index in [0.717, 1.165) is 5.69 Å². The predicted molar refractivity (Wildman–Crippen MR) is 53.1 cm³/mol. The van der Waals surface area contributed by atoms with Crippen molar-refractivity contribution in [2.24, 2.45) is 0 Å². The van der Waals surface area contributed by atoms with Crippen LogP contribution in [0.1, 0.15) is 26.5 Å². The molecule has 1 aromatic rings. The second-order valence-corrected chi connectivity index (χ2v) is 1.79. The second kappa shape index (κ2) is 12.8. The van der Waals surface area contributed by atoms with Gasteiger partial charge in [-0.2, -0.15) is 0 Å². The van der Waals surface area contributed by atoms with E-state index in [1.165, 1.54) is 0 Å². The second-order valence-electron chi connectivity index (χ2n) is 1.79. The van der Waals surface area contributed by atoms with Crippen molar-refractivity contribution in [3.05, 3.63) is 30.1 Å². The van der Waals surface area contributed by atoms with Crippen LogP contribution in [0.2, 0.25) is 0 Å². The molecule has 1 heterocycles. The molecule has 0 aliphatic rings. The van der Waals surface area contributed by atoms with Crippen molar-refractivity contribution >= 4 is 0 Å². The summed E-state index contributed by atoms with van der Waals surface area (Å²) in [5.74, 6) is 0. The molecule has 0 aromatic carbocycles. The minimum Gasteiger partial charge on any atom is -0.397 e. The molecule has 2 nitrogen and oxygen atoms in total. The molecule has 0 atom stereocenters. The highest BCUT2D eigenvalue weighted by atomic mass is 16.2. The minimum atomic E-state index is 0.250. The first kappa shape index (κ1) is 13.7. The van der Waals surface area contributed by atoms with Crippen LogP contribution in [0.5, 0.6) is 0 Å². The Morgan fingerprint density at radius 1 is 1.33 bits per heavy atom. The highest BCUT2D eigenvalue weighted by Crippen LogP contribution is 1.85. The van der Waals surface area contributed by atoms with E-state index in [4.69, 9.17) is 5.11 Å². The van der Waals surface area contributed by atoms with Crippen molar-refractivity contribution in [2.75, 3.05) is 6.61 Å². The van der Waals surface area contributed by atoms with Gasteiger partial charge in [-0.05, 0) is 26.0 Å². The molecular weight excluding hydrogens is 150 g/mol. The fraction of sp³-hybridized carbons (Fsp3) is 0.500.